The van der Waals surface area contributed by atoms with Crippen LogP contribution < -0.4 is 20.9 Å². The van der Waals surface area contributed by atoms with Crippen molar-refractivity contribution < 1.29 is 19.1 Å². The molecule has 1 heterocycles. The molecule has 0 radical (unpaired) electrons. The molecule has 0 fully saturated rings. The number of methoxy groups -OCH3 is 1. The van der Waals surface area contributed by atoms with Crippen LogP contribution in [0.2, 0.25) is 5.02 Å². The second kappa shape index (κ2) is 13.6. The second-order valence-electron chi connectivity index (χ2n) is 10.5. The minimum Gasteiger partial charge on any atom is -0.495 e. The maximum atomic E-state index is 13.7. The molecule has 1 aromatic carbocycles. The number of carbonyl (C=O) groups is 2. The van der Waals surface area contributed by atoms with Crippen molar-refractivity contribution in [2.24, 2.45) is 0 Å². The Balaban J connectivity index is 2.07. The van der Waals surface area contributed by atoms with Crippen LogP contribution in [0.15, 0.2) is 71.0 Å². The predicted molar refractivity (Wildman–Crippen MR) is 162 cm³/mol. The van der Waals surface area contributed by atoms with Crippen LogP contribution in [0.25, 0.3) is 11.1 Å². The number of pyridine rings is 1. The first kappa shape index (κ1) is 31.6. The number of Topliss-reactive ketones (excluding diaryl/α,β-unsaturated/α-hetero) is 1. The normalized spacial score (nSPS) is 15.0. The van der Waals surface area contributed by atoms with E-state index in [1.54, 1.807) is 56.6 Å². The molecular weight excluding hydrogens is 544 g/mol. The van der Waals surface area contributed by atoms with Gasteiger partial charge in [-0.1, -0.05) is 18.5 Å². The van der Waals surface area contributed by atoms with E-state index < -0.39 is 23.1 Å². The maximum Gasteiger partial charge on any atom is 0.252 e. The number of hydrogen-bond donors (Lipinski definition) is 3. The molecule has 9 nitrogen and oxygen atoms in total. The van der Waals surface area contributed by atoms with Gasteiger partial charge in [-0.25, -0.2) is 0 Å². The van der Waals surface area contributed by atoms with Gasteiger partial charge >= 0.3 is 0 Å². The van der Waals surface area contributed by atoms with Crippen molar-refractivity contribution in [3.05, 3.63) is 87.1 Å². The van der Waals surface area contributed by atoms with E-state index in [9.17, 15) is 14.4 Å². The summed E-state index contributed by atoms with van der Waals surface area (Å²) in [4.78, 5) is 39.9. The highest BCUT2D eigenvalue weighted by Gasteiger charge is 2.26. The van der Waals surface area contributed by atoms with Crippen molar-refractivity contribution in [2.45, 2.75) is 52.2 Å². The Hall–Kier alpha value is -3.95. The number of nitrogens with one attached hydrogen (secondary N) is 3. The number of ether oxygens (including phenoxy) is 2. The lowest BCUT2D eigenvalue weighted by atomic mass is 9.96. The van der Waals surface area contributed by atoms with Gasteiger partial charge in [0.25, 0.3) is 5.56 Å². The van der Waals surface area contributed by atoms with E-state index in [4.69, 9.17) is 26.5 Å². The lowest BCUT2D eigenvalue weighted by Gasteiger charge is -2.25. The van der Waals surface area contributed by atoms with Crippen LogP contribution in [0, 0.1) is 5.41 Å². The lowest BCUT2D eigenvalue weighted by molar-refractivity contribution is -0.124. The molecule has 2 aromatic rings. The molecule has 1 unspecified atom stereocenters. The third-order valence-corrected chi connectivity index (χ3v) is 6.58. The van der Waals surface area contributed by atoms with Crippen molar-refractivity contribution in [1.29, 1.82) is 5.41 Å². The number of hydrogen-bond acceptors (Lipinski definition) is 7. The SMILES string of the molecule is CCC(=O)c1ccc(Cl)cc1-c1cc(=O)n(C(CCOC(C)(C)C)C(=O)NC2=C/C(=C/NC)C(=N)C=C2)cc1OC. The Bertz CT molecular complexity index is 1480. The number of carbonyl (C=O) groups excluding carboxylic acids is 2. The van der Waals surface area contributed by atoms with Crippen LogP contribution in [-0.4, -0.2) is 48.3 Å². The van der Waals surface area contributed by atoms with Crippen LogP contribution >= 0.6 is 11.6 Å². The van der Waals surface area contributed by atoms with Crippen LogP contribution in [-0.2, 0) is 9.53 Å². The zero-order valence-corrected chi connectivity index (χ0v) is 25.0. The zero-order valence-electron chi connectivity index (χ0n) is 24.3. The average molecular weight is 581 g/mol. The van der Waals surface area contributed by atoms with E-state index in [1.807, 2.05) is 20.8 Å². The van der Waals surface area contributed by atoms with Crippen LogP contribution in [0.4, 0.5) is 0 Å². The number of ketones is 1. The minimum absolute atomic E-state index is 0.104. The van der Waals surface area contributed by atoms with E-state index in [2.05, 4.69) is 10.6 Å². The topological polar surface area (TPSA) is 123 Å². The fraction of sp³-hybridized carbons (Fsp3) is 0.355. The van der Waals surface area contributed by atoms with Gasteiger partial charge in [-0.3, -0.25) is 19.0 Å². The van der Waals surface area contributed by atoms with Crippen molar-refractivity contribution in [2.75, 3.05) is 20.8 Å². The number of benzene rings is 1. The van der Waals surface area contributed by atoms with Gasteiger partial charge in [-0.15, -0.1) is 0 Å². The Morgan fingerprint density at radius 3 is 2.54 bits per heavy atom. The molecule has 1 aliphatic rings. The Morgan fingerprint density at radius 1 is 1.17 bits per heavy atom. The highest BCUT2D eigenvalue weighted by Crippen LogP contribution is 2.34. The summed E-state index contributed by atoms with van der Waals surface area (Å²) in [7, 11) is 3.18. The van der Waals surface area contributed by atoms with Crippen LogP contribution in [0.3, 0.4) is 0 Å². The maximum absolute atomic E-state index is 13.7. The molecule has 1 atom stereocenters. The third-order valence-electron chi connectivity index (χ3n) is 6.34. The number of nitrogens with zero attached hydrogens (tertiary/aromatic N) is 1. The minimum atomic E-state index is -0.948. The fourth-order valence-corrected chi connectivity index (χ4v) is 4.50. The van der Waals surface area contributed by atoms with Crippen LogP contribution in [0.5, 0.6) is 5.75 Å². The largest absolute Gasteiger partial charge is 0.495 e. The molecule has 41 heavy (non-hydrogen) atoms. The van der Waals surface area contributed by atoms with Crippen molar-refractivity contribution >= 4 is 29.0 Å². The molecule has 0 aliphatic heterocycles. The number of allylic oxidation sites excluding steroid dienone is 4. The molecule has 10 heteroatoms. The molecule has 0 saturated heterocycles. The molecule has 1 amide bonds. The van der Waals surface area contributed by atoms with Gasteiger partial charge < -0.3 is 25.5 Å². The first-order valence-electron chi connectivity index (χ1n) is 13.3. The van der Waals surface area contributed by atoms with Gasteiger partial charge in [0.05, 0.1) is 24.6 Å². The summed E-state index contributed by atoms with van der Waals surface area (Å²) in [5, 5.41) is 14.2. The molecular formula is C31H37ClN4O5. The smallest absolute Gasteiger partial charge is 0.252 e. The van der Waals surface area contributed by atoms with Gasteiger partial charge in [0.1, 0.15) is 11.8 Å². The molecule has 0 saturated carbocycles. The number of halogens is 1. The van der Waals surface area contributed by atoms with Gasteiger partial charge in [0.2, 0.25) is 5.91 Å². The number of rotatable bonds is 11. The molecule has 1 aliphatic carbocycles. The standard InChI is InChI=1S/C31H37ClN4O5/c1-7-27(37)22-10-8-20(32)15-23(22)24-16-29(38)36(18-28(24)40-6)26(12-13-41-31(2,3)4)30(39)35-21-9-11-25(33)19(14-21)17-34-5/h8-11,14-18,26,33-34H,7,12-13H2,1-6H3,(H,35,39)/b19-17-,33-25?. The molecule has 218 valence electrons. The predicted octanol–water partition coefficient (Wildman–Crippen LogP) is 5.21. The lowest BCUT2D eigenvalue weighted by Crippen LogP contribution is -2.38. The van der Waals surface area contributed by atoms with Crippen molar-refractivity contribution in [3.8, 4) is 16.9 Å². The fourth-order valence-electron chi connectivity index (χ4n) is 4.33. The summed E-state index contributed by atoms with van der Waals surface area (Å²) >= 11 is 6.26. The van der Waals surface area contributed by atoms with Crippen LogP contribution in [0.1, 0.15) is 56.9 Å². The van der Waals surface area contributed by atoms with E-state index in [0.29, 0.717) is 44.4 Å². The molecule has 0 bridgehead atoms. The molecule has 1 aromatic heterocycles. The highest BCUT2D eigenvalue weighted by atomic mass is 35.5. The number of amides is 1. The molecule has 3 rings (SSSR count). The summed E-state index contributed by atoms with van der Waals surface area (Å²) < 4.78 is 12.9. The highest BCUT2D eigenvalue weighted by molar-refractivity contribution is 6.31. The summed E-state index contributed by atoms with van der Waals surface area (Å²) in [6, 6.07) is 5.30. The first-order chi connectivity index (χ1) is 19.4. The third kappa shape index (κ3) is 8.05. The van der Waals surface area contributed by atoms with E-state index >= 15 is 0 Å². The summed E-state index contributed by atoms with van der Waals surface area (Å²) in [5.74, 6) is -0.235. The first-order valence-corrected chi connectivity index (χ1v) is 13.7. The monoisotopic (exact) mass is 580 g/mol. The Morgan fingerprint density at radius 2 is 1.90 bits per heavy atom. The quantitative estimate of drug-likeness (QED) is 0.314. The average Bonchev–Trinajstić information content (AvgIpc) is 2.92. The van der Waals surface area contributed by atoms with Gasteiger partial charge in [0.15, 0.2) is 5.78 Å². The van der Waals surface area contributed by atoms with Gasteiger partial charge in [-0.05, 0) is 62.8 Å². The summed E-state index contributed by atoms with van der Waals surface area (Å²) in [5.41, 5.74) is 1.77. The van der Waals surface area contributed by atoms with Gasteiger partial charge in [0, 0.05) is 66.2 Å². The molecule has 3 N–H and O–H groups in total. The second-order valence-corrected chi connectivity index (χ2v) is 10.9. The number of aromatic nitrogens is 1. The van der Waals surface area contributed by atoms with E-state index in [0.717, 1.165) is 0 Å². The van der Waals surface area contributed by atoms with E-state index in [-0.39, 0.29) is 25.2 Å². The summed E-state index contributed by atoms with van der Waals surface area (Å²) in [6.07, 6.45) is 8.51. The Kier molecular flexibility index (Phi) is 10.5. The summed E-state index contributed by atoms with van der Waals surface area (Å²) in [6.45, 7) is 7.71. The van der Waals surface area contributed by atoms with Crippen molar-refractivity contribution in [1.82, 2.24) is 15.2 Å². The van der Waals surface area contributed by atoms with Crippen molar-refractivity contribution in [3.63, 3.8) is 0 Å². The Labute approximate surface area is 245 Å². The van der Waals surface area contributed by atoms with E-state index in [1.165, 1.54) is 23.9 Å². The zero-order chi connectivity index (χ0) is 30.3. The van der Waals surface area contributed by atoms with Gasteiger partial charge in [-0.2, -0.15) is 0 Å². The molecule has 0 spiro atoms.